The first kappa shape index (κ1) is 18.2. The molecule has 28 heavy (non-hydrogen) atoms. The molecule has 0 amide bonds. The van der Waals surface area contributed by atoms with Crippen molar-refractivity contribution >= 4 is 30.6 Å². The zero-order valence-electron chi connectivity index (χ0n) is 15.5. The van der Waals surface area contributed by atoms with Gasteiger partial charge < -0.3 is 4.52 Å². The van der Waals surface area contributed by atoms with E-state index in [4.69, 9.17) is 4.52 Å². The predicted octanol–water partition coefficient (Wildman–Crippen LogP) is 6.25. The topological polar surface area (TPSA) is 9.23 Å². The Bertz CT molecular complexity index is 974. The van der Waals surface area contributed by atoms with Gasteiger partial charge in [0.15, 0.2) is 8.15 Å². The van der Waals surface area contributed by atoms with Crippen LogP contribution in [0.2, 0.25) is 0 Å². The molecule has 1 nitrogen and oxygen atoms in total. The molecule has 2 heteroatoms. The summed E-state index contributed by atoms with van der Waals surface area (Å²) >= 11 is 0. The molecular weight excluding hydrogens is 359 g/mol. The molecular formula is C26H21OP. The first-order valence-electron chi connectivity index (χ1n) is 9.30. The van der Waals surface area contributed by atoms with Gasteiger partial charge in [0.25, 0.3) is 0 Å². The lowest BCUT2D eigenvalue weighted by molar-refractivity contribution is 0.590. The van der Waals surface area contributed by atoms with Crippen LogP contribution < -0.4 is 10.6 Å². The minimum atomic E-state index is -0.978. The zero-order chi connectivity index (χ0) is 19.0. The number of benzene rings is 4. The first-order valence-corrected chi connectivity index (χ1v) is 10.6. The Morgan fingerprint density at radius 3 is 1.46 bits per heavy atom. The van der Waals surface area contributed by atoms with E-state index >= 15 is 0 Å². The highest BCUT2D eigenvalue weighted by atomic mass is 31.1. The van der Waals surface area contributed by atoms with Crippen LogP contribution >= 0.6 is 8.15 Å². The molecule has 0 aliphatic heterocycles. The van der Waals surface area contributed by atoms with Crippen LogP contribution in [-0.2, 0) is 4.52 Å². The van der Waals surface area contributed by atoms with E-state index in [2.05, 4.69) is 78.9 Å². The van der Waals surface area contributed by atoms with Gasteiger partial charge in [0, 0.05) is 16.2 Å². The van der Waals surface area contributed by atoms with Crippen LogP contribution in [0.3, 0.4) is 0 Å². The molecule has 0 saturated heterocycles. The van der Waals surface area contributed by atoms with Gasteiger partial charge in [-0.2, -0.15) is 0 Å². The van der Waals surface area contributed by atoms with Crippen molar-refractivity contribution in [3.8, 4) is 0 Å². The van der Waals surface area contributed by atoms with E-state index in [0.29, 0.717) is 0 Å². The van der Waals surface area contributed by atoms with Crippen LogP contribution in [0.15, 0.2) is 121 Å². The van der Waals surface area contributed by atoms with Crippen molar-refractivity contribution < 1.29 is 4.52 Å². The van der Waals surface area contributed by atoms with Gasteiger partial charge >= 0.3 is 0 Å². The van der Waals surface area contributed by atoms with E-state index in [-0.39, 0.29) is 0 Å². The van der Waals surface area contributed by atoms with Crippen LogP contribution in [0.5, 0.6) is 0 Å². The van der Waals surface area contributed by atoms with E-state index in [9.17, 15) is 0 Å². The average Bonchev–Trinajstić information content (AvgIpc) is 2.79. The maximum Gasteiger partial charge on any atom is 0.150 e. The van der Waals surface area contributed by atoms with Gasteiger partial charge in [-0.25, -0.2) is 0 Å². The van der Waals surface area contributed by atoms with Gasteiger partial charge in [0.05, 0.1) is 0 Å². The molecule has 0 aliphatic rings. The molecule has 0 aliphatic carbocycles. The molecule has 0 heterocycles. The van der Waals surface area contributed by atoms with Gasteiger partial charge in [0.1, 0.15) is 5.76 Å². The number of hydrogen-bond donors (Lipinski definition) is 0. The van der Waals surface area contributed by atoms with Crippen molar-refractivity contribution in [2.75, 3.05) is 0 Å². The smallest absolute Gasteiger partial charge is 0.150 e. The molecule has 0 aromatic heterocycles. The quantitative estimate of drug-likeness (QED) is 0.218. The van der Waals surface area contributed by atoms with Gasteiger partial charge in [-0.3, -0.25) is 0 Å². The lowest BCUT2D eigenvalue weighted by atomic mass is 10.1. The van der Waals surface area contributed by atoms with Gasteiger partial charge in [-0.05, 0) is 11.6 Å². The van der Waals surface area contributed by atoms with Gasteiger partial charge in [-0.1, -0.05) is 121 Å². The second-order valence-electron chi connectivity index (χ2n) is 6.34. The predicted molar refractivity (Wildman–Crippen MR) is 121 cm³/mol. The van der Waals surface area contributed by atoms with Crippen molar-refractivity contribution in [2.24, 2.45) is 0 Å². The normalized spacial score (nSPS) is 11.4. The molecule has 0 bridgehead atoms. The molecule has 4 aromatic carbocycles. The summed E-state index contributed by atoms with van der Waals surface area (Å²) in [6.07, 6.45) is 2.12. The molecule has 136 valence electrons. The summed E-state index contributed by atoms with van der Waals surface area (Å²) in [5, 5.41) is 2.39. The highest BCUT2D eigenvalue weighted by Gasteiger charge is 2.18. The Balaban J connectivity index is 1.78. The van der Waals surface area contributed by atoms with Gasteiger partial charge in [0.2, 0.25) is 0 Å². The second kappa shape index (κ2) is 9.17. The summed E-state index contributed by atoms with van der Waals surface area (Å²) in [5.74, 6) is 0.880. The van der Waals surface area contributed by atoms with E-state index < -0.39 is 8.15 Å². The van der Waals surface area contributed by atoms with E-state index in [1.807, 2.05) is 48.5 Å². The number of rotatable bonds is 6. The Kier molecular flexibility index (Phi) is 5.97. The third kappa shape index (κ3) is 4.57. The molecule has 4 aromatic rings. The Morgan fingerprint density at radius 1 is 0.536 bits per heavy atom. The maximum absolute atomic E-state index is 6.74. The minimum absolute atomic E-state index is 0.880. The summed E-state index contributed by atoms with van der Waals surface area (Å²) in [4.78, 5) is 0. The van der Waals surface area contributed by atoms with E-state index in [1.165, 1.54) is 10.6 Å². The lowest BCUT2D eigenvalue weighted by Gasteiger charge is -2.21. The summed E-state index contributed by atoms with van der Waals surface area (Å²) in [7, 11) is -0.978. The zero-order valence-corrected chi connectivity index (χ0v) is 16.4. The largest absolute Gasteiger partial charge is 0.464 e. The highest BCUT2D eigenvalue weighted by Crippen LogP contribution is 2.41. The van der Waals surface area contributed by atoms with Crippen molar-refractivity contribution in [1.29, 1.82) is 0 Å². The van der Waals surface area contributed by atoms with Crippen molar-refractivity contribution in [1.82, 2.24) is 0 Å². The van der Waals surface area contributed by atoms with Crippen molar-refractivity contribution in [2.45, 2.75) is 0 Å². The molecule has 0 fully saturated rings. The maximum atomic E-state index is 6.74. The van der Waals surface area contributed by atoms with Crippen molar-refractivity contribution in [3.63, 3.8) is 0 Å². The van der Waals surface area contributed by atoms with Crippen LogP contribution in [-0.4, -0.2) is 0 Å². The Hall–Kier alpha value is -3.15. The monoisotopic (exact) mass is 380 g/mol. The molecule has 0 spiro atoms. The second-order valence-corrected chi connectivity index (χ2v) is 8.15. The highest BCUT2D eigenvalue weighted by molar-refractivity contribution is 7.68. The molecule has 0 atom stereocenters. The van der Waals surface area contributed by atoms with Crippen LogP contribution in [0, 0.1) is 0 Å². The van der Waals surface area contributed by atoms with E-state index in [1.54, 1.807) is 0 Å². The molecule has 0 unspecified atom stereocenters. The summed E-state index contributed by atoms with van der Waals surface area (Å²) in [6, 6.07) is 41.6. The third-order valence-electron chi connectivity index (χ3n) is 4.33. The molecule has 4 rings (SSSR count). The first-order chi connectivity index (χ1) is 13.9. The van der Waals surface area contributed by atoms with Gasteiger partial charge in [-0.15, -0.1) is 0 Å². The molecule has 0 N–H and O–H groups in total. The number of hydrogen-bond acceptors (Lipinski definition) is 1. The summed E-state index contributed by atoms with van der Waals surface area (Å²) in [5.41, 5.74) is 2.20. The fraction of sp³-hybridized carbons (Fsp3) is 0. The Morgan fingerprint density at radius 2 is 0.964 bits per heavy atom. The van der Waals surface area contributed by atoms with Crippen LogP contribution in [0.25, 0.3) is 11.8 Å². The minimum Gasteiger partial charge on any atom is -0.464 e. The Labute approximate surface area is 167 Å². The van der Waals surface area contributed by atoms with Crippen LogP contribution in [0.4, 0.5) is 0 Å². The summed E-state index contributed by atoms with van der Waals surface area (Å²) in [6.45, 7) is 0. The fourth-order valence-electron chi connectivity index (χ4n) is 2.95. The standard InChI is InChI=1S/C26H21OP/c1-5-13-22(14-6-1)21-26(23-15-7-2-8-16-23)27-28(24-17-9-3-10-18-24)25-19-11-4-12-20-25/h1-21H/b26-21+. The third-order valence-corrected chi connectivity index (χ3v) is 6.24. The lowest BCUT2D eigenvalue weighted by Crippen LogP contribution is -2.13. The SMILES string of the molecule is C(=C(\OP(c1ccccc1)c1ccccc1)c1ccccc1)/c1ccccc1. The van der Waals surface area contributed by atoms with Crippen LogP contribution in [0.1, 0.15) is 11.1 Å². The van der Waals surface area contributed by atoms with E-state index in [0.717, 1.165) is 16.9 Å². The summed E-state index contributed by atoms with van der Waals surface area (Å²) < 4.78 is 6.74. The molecule has 0 radical (unpaired) electrons. The average molecular weight is 380 g/mol. The fourth-order valence-corrected chi connectivity index (χ4v) is 4.69. The molecule has 0 saturated carbocycles. The van der Waals surface area contributed by atoms with Crippen molar-refractivity contribution in [3.05, 3.63) is 132 Å².